The second-order valence-electron chi connectivity index (χ2n) is 5.92. The van der Waals surface area contributed by atoms with Crippen LogP contribution in [0, 0.1) is 11.3 Å². The van der Waals surface area contributed by atoms with Gasteiger partial charge in [0.25, 0.3) is 5.91 Å². The van der Waals surface area contributed by atoms with E-state index in [1.54, 1.807) is 6.07 Å². The maximum Gasteiger partial charge on any atom is 0.270 e. The van der Waals surface area contributed by atoms with Gasteiger partial charge in [-0.25, -0.2) is 0 Å². The van der Waals surface area contributed by atoms with Crippen LogP contribution >= 0.6 is 0 Å². The molecule has 0 aliphatic carbocycles. The molecule has 1 amide bonds. The highest BCUT2D eigenvalue weighted by atomic mass is 16.1. The fourth-order valence-corrected chi connectivity index (χ4v) is 2.87. The molecule has 3 heterocycles. The van der Waals surface area contributed by atoms with E-state index in [0.717, 1.165) is 32.5 Å². The minimum absolute atomic E-state index is 0.152. The van der Waals surface area contributed by atoms with E-state index in [4.69, 9.17) is 5.26 Å². The summed E-state index contributed by atoms with van der Waals surface area (Å²) in [7, 11) is 0. The first-order valence-corrected chi connectivity index (χ1v) is 8.03. The van der Waals surface area contributed by atoms with E-state index >= 15 is 0 Å². The molecule has 1 saturated heterocycles. The number of aromatic nitrogens is 2. The number of hydrogen-bond donors (Lipinski definition) is 1. The van der Waals surface area contributed by atoms with Gasteiger partial charge < -0.3 is 5.32 Å². The Bertz CT molecular complexity index is 733. The van der Waals surface area contributed by atoms with Gasteiger partial charge in [0.05, 0.1) is 11.6 Å². The molecule has 0 bridgehead atoms. The van der Waals surface area contributed by atoms with E-state index in [2.05, 4.69) is 20.2 Å². The predicted molar refractivity (Wildman–Crippen MR) is 89.0 cm³/mol. The minimum Gasteiger partial charge on any atom is -0.348 e. The number of rotatable bonds is 4. The third-order valence-corrected chi connectivity index (χ3v) is 4.20. The van der Waals surface area contributed by atoms with Crippen LogP contribution in [0.5, 0.6) is 0 Å². The fourth-order valence-electron chi connectivity index (χ4n) is 2.87. The number of pyridine rings is 2. The molecule has 1 N–H and O–H groups in total. The molecule has 3 rings (SSSR count). The Morgan fingerprint density at radius 3 is 2.71 bits per heavy atom. The molecule has 1 fully saturated rings. The summed E-state index contributed by atoms with van der Waals surface area (Å²) in [5.74, 6) is -0.209. The molecule has 2 aromatic heterocycles. The van der Waals surface area contributed by atoms with Gasteiger partial charge >= 0.3 is 0 Å². The van der Waals surface area contributed by atoms with Gasteiger partial charge in [-0.2, -0.15) is 5.26 Å². The smallest absolute Gasteiger partial charge is 0.270 e. The number of piperidine rings is 1. The highest BCUT2D eigenvalue weighted by molar-refractivity contribution is 5.92. The predicted octanol–water partition coefficient (Wildman–Crippen LogP) is 1.74. The largest absolute Gasteiger partial charge is 0.348 e. The molecule has 1 aliphatic heterocycles. The van der Waals surface area contributed by atoms with Gasteiger partial charge in [-0.3, -0.25) is 19.7 Å². The third-order valence-electron chi connectivity index (χ3n) is 4.20. The number of nitrogens with one attached hydrogen (secondary N) is 1. The number of carbonyl (C=O) groups excluding carboxylic acids is 1. The average molecular weight is 321 g/mol. The summed E-state index contributed by atoms with van der Waals surface area (Å²) in [6, 6.07) is 9.35. The first kappa shape index (κ1) is 16.1. The van der Waals surface area contributed by atoms with Crippen LogP contribution in [0.15, 0.2) is 42.9 Å². The normalized spacial score (nSPS) is 15.6. The molecule has 122 valence electrons. The van der Waals surface area contributed by atoms with Gasteiger partial charge in [0, 0.05) is 44.3 Å². The Hall–Kier alpha value is -2.78. The van der Waals surface area contributed by atoms with E-state index in [1.807, 2.05) is 30.6 Å². The molecule has 24 heavy (non-hydrogen) atoms. The molecule has 2 aromatic rings. The van der Waals surface area contributed by atoms with Crippen LogP contribution in [0.3, 0.4) is 0 Å². The second kappa shape index (κ2) is 7.66. The van der Waals surface area contributed by atoms with Crippen LogP contribution in [0.4, 0.5) is 0 Å². The summed E-state index contributed by atoms with van der Waals surface area (Å²) < 4.78 is 0. The third kappa shape index (κ3) is 4.15. The maximum atomic E-state index is 12.3. The van der Waals surface area contributed by atoms with Gasteiger partial charge in [-0.05, 0) is 42.7 Å². The summed E-state index contributed by atoms with van der Waals surface area (Å²) in [4.78, 5) is 22.7. The van der Waals surface area contributed by atoms with E-state index in [-0.39, 0.29) is 11.9 Å². The van der Waals surface area contributed by atoms with Crippen molar-refractivity contribution < 1.29 is 4.79 Å². The summed E-state index contributed by atoms with van der Waals surface area (Å²) in [5, 5.41) is 11.9. The van der Waals surface area contributed by atoms with Gasteiger partial charge in [0.2, 0.25) is 0 Å². The van der Waals surface area contributed by atoms with Crippen LogP contribution in [-0.4, -0.2) is 39.9 Å². The van der Waals surface area contributed by atoms with Gasteiger partial charge in [-0.15, -0.1) is 0 Å². The average Bonchev–Trinajstić information content (AvgIpc) is 2.64. The molecule has 0 spiro atoms. The van der Waals surface area contributed by atoms with Crippen LogP contribution < -0.4 is 5.32 Å². The van der Waals surface area contributed by atoms with Crippen molar-refractivity contribution in [1.82, 2.24) is 20.2 Å². The molecule has 6 nitrogen and oxygen atoms in total. The number of nitriles is 1. The Morgan fingerprint density at radius 2 is 2.00 bits per heavy atom. The monoisotopic (exact) mass is 321 g/mol. The molecule has 0 unspecified atom stereocenters. The summed E-state index contributed by atoms with van der Waals surface area (Å²) >= 11 is 0. The molecule has 0 aromatic carbocycles. The van der Waals surface area contributed by atoms with Crippen molar-refractivity contribution in [2.75, 3.05) is 13.1 Å². The summed E-state index contributed by atoms with van der Waals surface area (Å²) in [6.07, 6.45) is 6.93. The van der Waals surface area contributed by atoms with Crippen molar-refractivity contribution in [3.63, 3.8) is 0 Å². The van der Waals surface area contributed by atoms with Gasteiger partial charge in [0.15, 0.2) is 0 Å². The number of hydrogen-bond acceptors (Lipinski definition) is 5. The second-order valence-corrected chi connectivity index (χ2v) is 5.92. The quantitative estimate of drug-likeness (QED) is 0.927. The molecule has 1 aliphatic rings. The van der Waals surface area contributed by atoms with Crippen molar-refractivity contribution in [3.05, 3.63) is 59.7 Å². The molecular formula is C18H19N5O. The van der Waals surface area contributed by atoms with E-state index < -0.39 is 0 Å². The lowest BCUT2D eigenvalue weighted by molar-refractivity contribution is 0.0904. The first-order valence-electron chi connectivity index (χ1n) is 8.03. The molecular weight excluding hydrogens is 302 g/mol. The number of carbonyl (C=O) groups is 1. The zero-order chi connectivity index (χ0) is 16.8. The topological polar surface area (TPSA) is 81.9 Å². The molecule has 0 radical (unpaired) electrons. The Morgan fingerprint density at radius 1 is 1.25 bits per heavy atom. The number of likely N-dealkylation sites (tertiary alicyclic amines) is 1. The Balaban J connectivity index is 1.50. The van der Waals surface area contributed by atoms with Crippen LogP contribution in [0.1, 0.15) is 34.5 Å². The first-order chi connectivity index (χ1) is 11.7. The van der Waals surface area contributed by atoms with Crippen molar-refractivity contribution in [2.24, 2.45) is 0 Å². The lowest BCUT2D eigenvalue weighted by atomic mass is 10.0. The Labute approximate surface area is 141 Å². The van der Waals surface area contributed by atoms with Crippen molar-refractivity contribution in [1.29, 1.82) is 5.26 Å². The summed E-state index contributed by atoms with van der Waals surface area (Å²) in [6.45, 7) is 2.80. The van der Waals surface area contributed by atoms with Crippen LogP contribution in [0.2, 0.25) is 0 Å². The van der Waals surface area contributed by atoms with Crippen molar-refractivity contribution >= 4 is 5.91 Å². The lowest BCUT2D eigenvalue weighted by Gasteiger charge is -2.32. The minimum atomic E-state index is -0.209. The molecule has 0 atom stereocenters. The highest BCUT2D eigenvalue weighted by Crippen LogP contribution is 2.14. The van der Waals surface area contributed by atoms with Gasteiger partial charge in [-0.1, -0.05) is 0 Å². The van der Waals surface area contributed by atoms with Crippen molar-refractivity contribution in [2.45, 2.75) is 25.4 Å². The van der Waals surface area contributed by atoms with Crippen LogP contribution in [0.25, 0.3) is 0 Å². The number of amides is 1. The SMILES string of the molecule is N#Cc1ccnc(C(=O)NC2CCN(Cc3ccncc3)CC2)c1. The van der Waals surface area contributed by atoms with Gasteiger partial charge in [0.1, 0.15) is 5.69 Å². The van der Waals surface area contributed by atoms with Crippen molar-refractivity contribution in [3.8, 4) is 6.07 Å². The fraction of sp³-hybridized carbons (Fsp3) is 0.333. The lowest BCUT2D eigenvalue weighted by Crippen LogP contribution is -2.44. The zero-order valence-electron chi connectivity index (χ0n) is 13.4. The number of nitrogens with zero attached hydrogens (tertiary/aromatic N) is 4. The van der Waals surface area contributed by atoms with E-state index in [0.29, 0.717) is 11.3 Å². The highest BCUT2D eigenvalue weighted by Gasteiger charge is 2.21. The van der Waals surface area contributed by atoms with E-state index in [1.165, 1.54) is 17.8 Å². The molecule has 6 heteroatoms. The maximum absolute atomic E-state index is 12.3. The van der Waals surface area contributed by atoms with E-state index in [9.17, 15) is 4.79 Å². The summed E-state index contributed by atoms with van der Waals surface area (Å²) in [5.41, 5.74) is 2.00. The molecule has 0 saturated carbocycles. The zero-order valence-corrected chi connectivity index (χ0v) is 13.4. The van der Waals surface area contributed by atoms with Crippen LogP contribution in [-0.2, 0) is 6.54 Å². The standard InChI is InChI=1S/C18H19N5O/c19-12-15-3-8-21-17(11-15)18(24)22-16-4-9-23(10-5-16)13-14-1-6-20-7-2-14/h1-3,6-8,11,16H,4-5,9-10,13H2,(H,22,24). The Kier molecular flexibility index (Phi) is 5.14.